The van der Waals surface area contributed by atoms with Crippen molar-refractivity contribution >= 4 is 150 Å². The Kier molecular flexibility index (Phi) is 54.1. The average Bonchev–Trinajstić information content (AvgIpc) is 1.76. The Labute approximate surface area is 661 Å². The fraction of sp³-hybridized carbons (Fsp3) is 0.434. The van der Waals surface area contributed by atoms with Gasteiger partial charge in [-0.2, -0.15) is 6.42 Å². The normalized spacial score (nSPS) is 11.7. The van der Waals surface area contributed by atoms with Crippen LogP contribution in [0.4, 0.5) is 0 Å². The summed E-state index contributed by atoms with van der Waals surface area (Å²) in [5.41, 5.74) is 10.1. The van der Waals surface area contributed by atoms with Crippen LogP contribution in [0.5, 0.6) is 0 Å². The number of carbonyl (C=O) groups is 2. The van der Waals surface area contributed by atoms with Crippen LogP contribution in [0, 0.1) is 6.92 Å². The molecule has 0 amide bonds. The summed E-state index contributed by atoms with van der Waals surface area (Å²) >= 11 is 24.7. The summed E-state index contributed by atoms with van der Waals surface area (Å²) in [6.45, 7) is 40.1. The number of benzene rings is 4. The first-order valence-corrected chi connectivity index (χ1v) is 43.9. The zero-order valence-electron chi connectivity index (χ0n) is 59.4. The second kappa shape index (κ2) is 53.9. The molecule has 4 aromatic carbocycles. The number of aldehydes is 2. The molecule has 21 heteroatoms. The summed E-state index contributed by atoms with van der Waals surface area (Å²) < 4.78 is 41.6. The topological polar surface area (TPSA) is 127 Å². The minimum atomic E-state index is -2.07. The monoisotopic (exact) mass is 1750 g/mol. The van der Waals surface area contributed by atoms with E-state index in [9.17, 15) is 19.8 Å². The fourth-order valence-corrected chi connectivity index (χ4v) is 27.3. The molecule has 0 radical (unpaired) electrons. The van der Waals surface area contributed by atoms with Crippen LogP contribution in [-0.4, -0.2) is 39.4 Å². The third-order valence-electron chi connectivity index (χ3n) is 15.4. The van der Waals surface area contributed by atoms with Gasteiger partial charge in [-0.1, -0.05) is 247 Å². The molecule has 535 valence electrons. The van der Waals surface area contributed by atoms with Gasteiger partial charge in [-0.15, -0.1) is 45.3 Å². The number of hydrogen-bond donors (Lipinski definition) is 2. The second-order valence-corrected chi connectivity index (χ2v) is 42.5. The van der Waals surface area contributed by atoms with E-state index < -0.39 is 37.6 Å². The number of thiophene rings is 4. The average molecular weight is 1750 g/mol. The summed E-state index contributed by atoms with van der Waals surface area (Å²) in [6.07, 6.45) is 5.38. The van der Waals surface area contributed by atoms with Crippen molar-refractivity contribution in [3.05, 3.63) is 231 Å². The Bertz CT molecular complexity index is 3410. The molecule has 0 aliphatic carbocycles. The Balaban J connectivity index is -0.00000116. The van der Waals surface area contributed by atoms with Crippen molar-refractivity contribution in [3.8, 4) is 0 Å². The standard InChI is InChI=1S/C21H31BrO2SSi.C21H29BrO2SSi.C13H13BrOS.C7H5ClO.C6H7BrS.C4H9.C2H6.2CH4.Li.Mn.2O/c2*1-14(2)26(15(3)4,16(5)6)24-21(17-8-7-9-19(22)10-17)18-11-20(12-23)25-13-18;1-2-12-7-10(8-16-12)13(15)9-4-3-5-11(14)6-9;8-7-3-1-2-6(4-7)5-9;1-2-6-3-5(7)4-8-6;1-3-4-2;1-2;;;;;;/h7-11,13-16,21,23H,12H2,1-6H3;7-16,21H,1-6H3;3-8,13,15H,2H2,1H3;1-5H;3-4H,2H2,1H3;1,3-4H2,2H3;1-2H3;2*1H4;;;;/q;;;;;-1;;;;+1;;;/i;;;;;;1D;;;;;;. The van der Waals surface area contributed by atoms with Crippen LogP contribution >= 0.6 is 121 Å². The Hall–Kier alpha value is -1.78. The molecular weight excluding hydrogens is 1640 g/mol. The molecule has 8 nitrogen and oxygen atoms in total. The number of halogens is 5. The molecule has 0 saturated carbocycles. The van der Waals surface area contributed by atoms with Crippen LogP contribution in [0.2, 0.25) is 38.3 Å². The quantitative estimate of drug-likeness (QED) is 0.0390. The van der Waals surface area contributed by atoms with Gasteiger partial charge >= 0.3 is 41.4 Å². The molecule has 4 aromatic heterocycles. The van der Waals surface area contributed by atoms with E-state index in [0.717, 1.165) is 82.8 Å². The van der Waals surface area contributed by atoms with Gasteiger partial charge in [0.1, 0.15) is 12.4 Å². The van der Waals surface area contributed by atoms with Gasteiger partial charge < -0.3 is 26.0 Å². The number of aliphatic hydroxyl groups excluding tert-OH is 2. The van der Waals surface area contributed by atoms with Crippen LogP contribution in [0.15, 0.2) is 161 Å². The first kappa shape index (κ1) is 97.3. The molecule has 4 heterocycles. The van der Waals surface area contributed by atoms with Crippen molar-refractivity contribution < 1.29 is 71.4 Å². The molecule has 0 bridgehead atoms. The first-order valence-electron chi connectivity index (χ1n) is 32.3. The molecule has 3 unspecified atom stereocenters. The fourth-order valence-electron chi connectivity index (χ4n) is 11.1. The van der Waals surface area contributed by atoms with Gasteiger partial charge in [0.25, 0.3) is 0 Å². The molecule has 8 rings (SSSR count). The van der Waals surface area contributed by atoms with Gasteiger partial charge in [0.05, 0.1) is 23.7 Å². The Morgan fingerprint density at radius 3 is 1.21 bits per heavy atom. The summed E-state index contributed by atoms with van der Waals surface area (Å²) in [5.74, 6) is 0. The number of hydrogen-bond acceptors (Lipinski definition) is 12. The van der Waals surface area contributed by atoms with Crippen molar-refractivity contribution in [1.82, 2.24) is 0 Å². The molecule has 0 aliphatic heterocycles. The number of rotatable bonds is 22. The predicted octanol–water partition coefficient (Wildman–Crippen LogP) is 25.0. The predicted molar refractivity (Wildman–Crippen MR) is 433 cm³/mol. The third kappa shape index (κ3) is 33.3. The van der Waals surface area contributed by atoms with Crippen LogP contribution in [0.25, 0.3) is 0 Å². The number of aliphatic hydroxyl groups is 2. The summed E-state index contributed by atoms with van der Waals surface area (Å²) in [6, 6.07) is 39.6. The number of aryl methyl sites for hydroxylation is 2. The van der Waals surface area contributed by atoms with Gasteiger partial charge in [0.2, 0.25) is 16.6 Å². The first-order chi connectivity index (χ1) is 45.0. The molecule has 8 aromatic rings. The van der Waals surface area contributed by atoms with Crippen LogP contribution in [0.3, 0.4) is 0 Å². The van der Waals surface area contributed by atoms with E-state index >= 15 is 0 Å². The van der Waals surface area contributed by atoms with Crippen molar-refractivity contribution in [2.24, 2.45) is 0 Å². The van der Waals surface area contributed by atoms with Gasteiger partial charge in [0, 0.05) is 49.9 Å². The van der Waals surface area contributed by atoms with Crippen LogP contribution in [0.1, 0.15) is 233 Å². The van der Waals surface area contributed by atoms with E-state index in [-0.39, 0.29) is 52.5 Å². The van der Waals surface area contributed by atoms with E-state index in [1.54, 1.807) is 65.2 Å². The second-order valence-electron chi connectivity index (χ2n) is 23.5. The van der Waals surface area contributed by atoms with Crippen LogP contribution in [-0.2, 0) is 50.8 Å². The van der Waals surface area contributed by atoms with Crippen molar-refractivity contribution in [3.63, 3.8) is 0 Å². The summed E-state index contributed by atoms with van der Waals surface area (Å²) in [4.78, 5) is 25.8. The van der Waals surface area contributed by atoms with Gasteiger partial charge in [-0.3, -0.25) is 9.59 Å². The molecule has 97 heavy (non-hydrogen) atoms. The third-order valence-corrected chi connectivity index (χ3v) is 34.0. The zero-order valence-corrected chi connectivity index (χ0v) is 71.9. The van der Waals surface area contributed by atoms with E-state index in [0.29, 0.717) is 50.7 Å². The van der Waals surface area contributed by atoms with E-state index in [2.05, 4.69) is 239 Å². The SMILES string of the molecule is C.C.CC(C)[Si](OC(c1cccc(Br)c1)c1csc(C=O)c1)(C(C)C)C(C)C.CC(C)[Si](OC(c1cccc(Br)c1)c1csc(CO)c1)(C(C)C)C(C)C.CCc1cc(Br)cs1.CCc1cc(C(O)c2cccc(Br)c2)cs1.O=Cc1cccc(Cl)c1.[2H]CC.[CH2-]CCC.[Li+].[O]=[Mn]=[O]. The van der Waals surface area contributed by atoms with Gasteiger partial charge in [-0.05, 0) is 184 Å². The van der Waals surface area contributed by atoms with Crippen molar-refractivity contribution in [2.45, 2.75) is 216 Å². The minimum absolute atomic E-state index is 0. The Morgan fingerprint density at radius 1 is 0.536 bits per heavy atom. The number of carbonyl (C=O) groups excluding carboxylic acids is 2. The maximum absolute atomic E-state index is 11.2. The molecule has 0 saturated heterocycles. The van der Waals surface area contributed by atoms with E-state index in [1.807, 2.05) is 53.9 Å². The van der Waals surface area contributed by atoms with Crippen molar-refractivity contribution in [1.29, 1.82) is 0 Å². The number of unbranched alkanes of at least 4 members (excludes halogenated alkanes) is 1. The molecule has 0 fully saturated rings. The van der Waals surface area contributed by atoms with E-state index in [4.69, 9.17) is 29.5 Å². The molecule has 0 spiro atoms. The molecule has 0 aliphatic rings. The molecule has 3 atom stereocenters. The summed E-state index contributed by atoms with van der Waals surface area (Å²) in [5, 5.41) is 28.7. The van der Waals surface area contributed by atoms with Gasteiger partial charge in [-0.25, -0.2) is 0 Å². The van der Waals surface area contributed by atoms with Crippen LogP contribution < -0.4 is 18.9 Å². The van der Waals surface area contributed by atoms with Crippen molar-refractivity contribution in [2.75, 3.05) is 0 Å². The molecular formula is C76H108Br4ClLiMnO8S4Si2. The Morgan fingerprint density at radius 2 is 0.897 bits per heavy atom. The zero-order chi connectivity index (χ0) is 72.0. The summed E-state index contributed by atoms with van der Waals surface area (Å²) in [7, 11) is -4.12. The van der Waals surface area contributed by atoms with E-state index in [1.165, 1.54) is 37.5 Å². The maximum atomic E-state index is 11.2. The van der Waals surface area contributed by atoms with Gasteiger partial charge in [0.15, 0.2) is 6.29 Å². The molecule has 2 N–H and O–H groups in total.